The Morgan fingerprint density at radius 1 is 0.900 bits per heavy atom. The van der Waals surface area contributed by atoms with E-state index in [2.05, 4.69) is 6.58 Å². The van der Waals surface area contributed by atoms with Crippen LogP contribution in [-0.4, -0.2) is 5.97 Å². The Hall–Kier alpha value is -3.04. The van der Waals surface area contributed by atoms with Crippen LogP contribution in [0.1, 0.15) is 37.0 Å². The maximum absolute atomic E-state index is 13.1. The van der Waals surface area contributed by atoms with Gasteiger partial charge in [-0.1, -0.05) is 74.5 Å². The number of carbonyl (C=O) groups excluding carboxylic acids is 1. The first-order valence-electron chi connectivity index (χ1n) is 9.89. The standard InChI is InChI=1S/C26H25ClO3/c1-4-24(20-9-8-12-23(17-20)29-22-10-6-5-7-11-22)30-26(28)25(18(2)3)19-13-15-21(27)16-14-19/h4-18,24-25H,1H2,2-3H3. The summed E-state index contributed by atoms with van der Waals surface area (Å²) in [6, 6.07) is 24.3. The van der Waals surface area contributed by atoms with Crippen LogP contribution >= 0.6 is 11.6 Å². The van der Waals surface area contributed by atoms with E-state index in [0.717, 1.165) is 16.9 Å². The Kier molecular flexibility index (Phi) is 7.31. The molecule has 3 nitrogen and oxygen atoms in total. The van der Waals surface area contributed by atoms with Crippen molar-refractivity contribution in [3.05, 3.63) is 108 Å². The monoisotopic (exact) mass is 420 g/mol. The third-order valence-corrected chi connectivity index (χ3v) is 5.02. The quantitative estimate of drug-likeness (QED) is 0.282. The summed E-state index contributed by atoms with van der Waals surface area (Å²) in [4.78, 5) is 13.1. The average Bonchev–Trinajstić information content (AvgIpc) is 2.74. The zero-order valence-corrected chi connectivity index (χ0v) is 17.9. The highest BCUT2D eigenvalue weighted by atomic mass is 35.5. The first-order chi connectivity index (χ1) is 14.5. The van der Waals surface area contributed by atoms with Crippen LogP contribution in [0.2, 0.25) is 5.02 Å². The summed E-state index contributed by atoms with van der Waals surface area (Å²) < 4.78 is 11.8. The van der Waals surface area contributed by atoms with Crippen molar-refractivity contribution in [2.75, 3.05) is 0 Å². The molecule has 0 N–H and O–H groups in total. The van der Waals surface area contributed by atoms with Gasteiger partial charge in [0.2, 0.25) is 0 Å². The second-order valence-corrected chi connectivity index (χ2v) is 7.79. The van der Waals surface area contributed by atoms with Crippen molar-refractivity contribution in [2.45, 2.75) is 25.9 Å². The van der Waals surface area contributed by atoms with Gasteiger partial charge < -0.3 is 9.47 Å². The van der Waals surface area contributed by atoms with E-state index in [4.69, 9.17) is 21.1 Å². The molecule has 0 aliphatic carbocycles. The van der Waals surface area contributed by atoms with Gasteiger partial charge in [-0.05, 0) is 54.0 Å². The molecule has 0 aliphatic heterocycles. The van der Waals surface area contributed by atoms with E-state index in [-0.39, 0.29) is 11.9 Å². The Balaban J connectivity index is 1.78. The van der Waals surface area contributed by atoms with E-state index < -0.39 is 12.0 Å². The lowest BCUT2D eigenvalue weighted by molar-refractivity contribution is -0.150. The number of para-hydroxylation sites is 1. The highest BCUT2D eigenvalue weighted by Gasteiger charge is 2.28. The van der Waals surface area contributed by atoms with Gasteiger partial charge in [0.05, 0.1) is 5.92 Å². The van der Waals surface area contributed by atoms with Gasteiger partial charge in [-0.2, -0.15) is 0 Å². The lowest BCUT2D eigenvalue weighted by Crippen LogP contribution is -2.22. The summed E-state index contributed by atoms with van der Waals surface area (Å²) in [5.41, 5.74) is 1.67. The normalized spacial score (nSPS) is 12.8. The molecule has 0 saturated heterocycles. The number of hydrogen-bond donors (Lipinski definition) is 0. The topological polar surface area (TPSA) is 35.5 Å². The molecule has 0 saturated carbocycles. The Labute approximate surface area is 182 Å². The van der Waals surface area contributed by atoms with Crippen molar-refractivity contribution in [1.82, 2.24) is 0 Å². The summed E-state index contributed by atoms with van der Waals surface area (Å²) in [6.07, 6.45) is 1.05. The number of halogens is 1. The smallest absolute Gasteiger partial charge is 0.314 e. The van der Waals surface area contributed by atoms with Crippen molar-refractivity contribution < 1.29 is 14.3 Å². The molecular weight excluding hydrogens is 396 g/mol. The van der Waals surface area contributed by atoms with Crippen LogP contribution < -0.4 is 4.74 Å². The molecule has 0 heterocycles. The lowest BCUT2D eigenvalue weighted by atomic mass is 9.88. The molecule has 0 radical (unpaired) electrons. The van der Waals surface area contributed by atoms with Crippen molar-refractivity contribution >= 4 is 17.6 Å². The van der Waals surface area contributed by atoms with Crippen LogP contribution in [0.3, 0.4) is 0 Å². The summed E-state index contributed by atoms with van der Waals surface area (Å²) in [7, 11) is 0. The SMILES string of the molecule is C=CC(OC(=O)C(c1ccc(Cl)cc1)C(C)C)c1cccc(Oc2ccccc2)c1. The predicted molar refractivity (Wildman–Crippen MR) is 121 cm³/mol. The average molecular weight is 421 g/mol. The molecule has 3 aromatic rings. The van der Waals surface area contributed by atoms with Crippen LogP contribution in [0.15, 0.2) is 91.5 Å². The molecular formula is C26H25ClO3. The Bertz CT molecular complexity index is 981. The van der Waals surface area contributed by atoms with Crippen LogP contribution in [0.25, 0.3) is 0 Å². The summed E-state index contributed by atoms with van der Waals surface area (Å²) in [5.74, 6) is 0.779. The molecule has 0 bridgehead atoms. The summed E-state index contributed by atoms with van der Waals surface area (Å²) >= 11 is 5.99. The lowest BCUT2D eigenvalue weighted by Gasteiger charge is -2.23. The van der Waals surface area contributed by atoms with Crippen molar-refractivity contribution in [2.24, 2.45) is 5.92 Å². The summed E-state index contributed by atoms with van der Waals surface area (Å²) in [6.45, 7) is 7.85. The van der Waals surface area contributed by atoms with Crippen molar-refractivity contribution in [3.63, 3.8) is 0 Å². The largest absolute Gasteiger partial charge is 0.457 e. The molecule has 154 valence electrons. The predicted octanol–water partition coefficient (Wildman–Crippen LogP) is 7.34. The van der Waals surface area contributed by atoms with Gasteiger partial charge in [-0.15, -0.1) is 0 Å². The third kappa shape index (κ3) is 5.52. The van der Waals surface area contributed by atoms with E-state index in [1.165, 1.54) is 0 Å². The maximum atomic E-state index is 13.1. The number of ether oxygens (including phenoxy) is 2. The van der Waals surface area contributed by atoms with Gasteiger partial charge in [0.1, 0.15) is 17.6 Å². The number of carbonyl (C=O) groups is 1. The summed E-state index contributed by atoms with van der Waals surface area (Å²) in [5, 5.41) is 0.633. The van der Waals surface area contributed by atoms with Gasteiger partial charge >= 0.3 is 5.97 Å². The Morgan fingerprint density at radius 2 is 1.57 bits per heavy atom. The number of esters is 1. The van der Waals surface area contributed by atoms with E-state index in [0.29, 0.717) is 10.8 Å². The van der Waals surface area contributed by atoms with Gasteiger partial charge in [-0.25, -0.2) is 0 Å². The molecule has 2 atom stereocenters. The number of hydrogen-bond acceptors (Lipinski definition) is 3. The number of rotatable bonds is 8. The van der Waals surface area contributed by atoms with Crippen LogP contribution in [0, 0.1) is 5.92 Å². The molecule has 4 heteroatoms. The highest BCUT2D eigenvalue weighted by Crippen LogP contribution is 2.31. The van der Waals surface area contributed by atoms with E-state index >= 15 is 0 Å². The highest BCUT2D eigenvalue weighted by molar-refractivity contribution is 6.30. The van der Waals surface area contributed by atoms with Gasteiger partial charge in [0, 0.05) is 10.6 Å². The Morgan fingerprint density at radius 3 is 2.20 bits per heavy atom. The van der Waals surface area contributed by atoms with Crippen LogP contribution in [-0.2, 0) is 9.53 Å². The molecule has 30 heavy (non-hydrogen) atoms. The second kappa shape index (κ2) is 10.1. The minimum Gasteiger partial charge on any atom is -0.457 e. The molecule has 2 unspecified atom stereocenters. The van der Waals surface area contributed by atoms with E-state index in [1.54, 1.807) is 18.2 Å². The van der Waals surface area contributed by atoms with E-state index in [9.17, 15) is 4.79 Å². The minimum absolute atomic E-state index is 0.0666. The molecule has 0 spiro atoms. The zero-order chi connectivity index (χ0) is 21.5. The van der Waals surface area contributed by atoms with Gasteiger partial charge in [-0.3, -0.25) is 4.79 Å². The molecule has 3 rings (SSSR count). The van der Waals surface area contributed by atoms with E-state index in [1.807, 2.05) is 80.6 Å². The molecule has 0 fully saturated rings. The molecule has 0 aliphatic rings. The van der Waals surface area contributed by atoms with Crippen LogP contribution in [0.5, 0.6) is 11.5 Å². The third-order valence-electron chi connectivity index (χ3n) is 4.77. The fourth-order valence-electron chi connectivity index (χ4n) is 3.29. The van der Waals surface area contributed by atoms with Gasteiger partial charge in [0.25, 0.3) is 0 Å². The molecule has 3 aromatic carbocycles. The van der Waals surface area contributed by atoms with Crippen molar-refractivity contribution in [3.8, 4) is 11.5 Å². The zero-order valence-electron chi connectivity index (χ0n) is 17.1. The fourth-order valence-corrected chi connectivity index (χ4v) is 3.42. The second-order valence-electron chi connectivity index (χ2n) is 7.35. The first-order valence-corrected chi connectivity index (χ1v) is 10.3. The van der Waals surface area contributed by atoms with Crippen molar-refractivity contribution in [1.29, 1.82) is 0 Å². The number of benzene rings is 3. The maximum Gasteiger partial charge on any atom is 0.314 e. The molecule has 0 amide bonds. The first kappa shape index (κ1) is 21.7. The van der Waals surface area contributed by atoms with Gasteiger partial charge in [0.15, 0.2) is 0 Å². The molecule has 0 aromatic heterocycles. The van der Waals surface area contributed by atoms with Crippen LogP contribution in [0.4, 0.5) is 0 Å². The fraction of sp³-hybridized carbons (Fsp3) is 0.192. The minimum atomic E-state index is -0.578.